The van der Waals surface area contributed by atoms with Gasteiger partial charge in [-0.3, -0.25) is 14.8 Å². The molecule has 3 rings (SSSR count). The Balaban J connectivity index is 1.30. The van der Waals surface area contributed by atoms with Gasteiger partial charge < -0.3 is 19.2 Å². The van der Waals surface area contributed by atoms with Gasteiger partial charge in [0.05, 0.1) is 38.3 Å². The van der Waals surface area contributed by atoms with Crippen LogP contribution < -0.4 is 10.1 Å². The molecule has 1 amide bonds. The molecule has 0 radical (unpaired) electrons. The summed E-state index contributed by atoms with van der Waals surface area (Å²) in [7, 11) is 0. The fourth-order valence-electron chi connectivity index (χ4n) is 2.70. The highest BCUT2D eigenvalue weighted by molar-refractivity contribution is 7.98. The molecule has 180 valence electrons. The number of nitrogens with zero attached hydrogens (tertiary/aromatic N) is 4. The smallest absolute Gasteiger partial charge is 0.277 e. The van der Waals surface area contributed by atoms with E-state index in [-0.39, 0.29) is 5.91 Å². The minimum Gasteiger partial charge on any atom is -0.492 e. The molecule has 0 spiro atoms. The molecule has 3 aromatic rings. The highest BCUT2D eigenvalue weighted by atomic mass is 35.5. The normalized spacial score (nSPS) is 10.7. The zero-order valence-corrected chi connectivity index (χ0v) is 20.2. The first-order valence-corrected chi connectivity index (χ1v) is 12.1. The number of halogens is 1. The molecule has 0 fully saturated rings. The number of ether oxygens (including phenoxy) is 2. The number of nitrogens with one attached hydrogen (secondary N) is 1. The van der Waals surface area contributed by atoms with E-state index in [2.05, 4.69) is 32.2 Å². The monoisotopic (exact) mass is 503 g/mol. The molecular formula is C23H26ClN5O4S. The van der Waals surface area contributed by atoms with Crippen LogP contribution in [0.4, 0.5) is 0 Å². The lowest BCUT2D eigenvalue weighted by Gasteiger charge is -2.07. The Bertz CT molecular complexity index is 1030. The van der Waals surface area contributed by atoms with Gasteiger partial charge in [0.25, 0.3) is 5.22 Å². The fraction of sp³-hybridized carbons (Fsp3) is 0.348. The number of aromatic nitrogens is 3. The van der Waals surface area contributed by atoms with E-state index in [4.69, 9.17) is 25.5 Å². The van der Waals surface area contributed by atoms with Gasteiger partial charge in [0.2, 0.25) is 11.8 Å². The summed E-state index contributed by atoms with van der Waals surface area (Å²) in [6.45, 7) is 5.82. The third-order valence-corrected chi connectivity index (χ3v) is 5.52. The first kappa shape index (κ1) is 25.7. The average Bonchev–Trinajstić information content (AvgIpc) is 3.33. The minimum absolute atomic E-state index is 0.0280. The highest BCUT2D eigenvalue weighted by Crippen LogP contribution is 2.26. The van der Waals surface area contributed by atoms with E-state index in [9.17, 15) is 4.79 Å². The second kappa shape index (κ2) is 14.3. The number of pyridine rings is 1. The third-order valence-electron chi connectivity index (χ3n) is 4.42. The molecule has 1 aromatic carbocycles. The summed E-state index contributed by atoms with van der Waals surface area (Å²) in [5.74, 6) is 1.65. The lowest BCUT2D eigenvalue weighted by Crippen LogP contribution is -2.27. The van der Waals surface area contributed by atoms with E-state index < -0.39 is 0 Å². The minimum atomic E-state index is -0.0280. The number of aliphatic imine (C=N–C) groups is 1. The summed E-state index contributed by atoms with van der Waals surface area (Å²) < 4.78 is 16.6. The van der Waals surface area contributed by atoms with Crippen molar-refractivity contribution in [2.24, 2.45) is 4.99 Å². The fourth-order valence-corrected chi connectivity index (χ4v) is 3.50. The van der Waals surface area contributed by atoms with Gasteiger partial charge >= 0.3 is 0 Å². The molecule has 0 aliphatic rings. The summed E-state index contributed by atoms with van der Waals surface area (Å²) in [5.41, 5.74) is 1.67. The Labute approximate surface area is 207 Å². The van der Waals surface area contributed by atoms with Crippen LogP contribution in [0.2, 0.25) is 5.02 Å². The van der Waals surface area contributed by atoms with E-state index >= 15 is 0 Å². The van der Waals surface area contributed by atoms with Crippen LogP contribution in [-0.4, -0.2) is 60.7 Å². The van der Waals surface area contributed by atoms with Crippen molar-refractivity contribution in [3.63, 3.8) is 0 Å². The Morgan fingerprint density at radius 3 is 2.76 bits per heavy atom. The van der Waals surface area contributed by atoms with Crippen LogP contribution >= 0.6 is 23.4 Å². The summed E-state index contributed by atoms with van der Waals surface area (Å²) >= 11 is 7.31. The van der Waals surface area contributed by atoms with Crippen molar-refractivity contribution in [3.05, 3.63) is 53.3 Å². The van der Waals surface area contributed by atoms with E-state index in [1.807, 2.05) is 24.3 Å². The molecule has 0 aliphatic heterocycles. The van der Waals surface area contributed by atoms with Crippen molar-refractivity contribution >= 4 is 36.0 Å². The standard InChI is InChI=1S/C23H26ClN5O4S/c1-25-10-13-31-14-11-26-21(30)3-2-12-32-20-9-8-19(27-15-20)16-34-23-29-28-22(33-23)17-4-6-18(24)7-5-17/h4-9,15H,1-3,10-14,16H2,(H,26,30). The third kappa shape index (κ3) is 9.12. The van der Waals surface area contributed by atoms with Crippen molar-refractivity contribution in [1.29, 1.82) is 0 Å². The van der Waals surface area contributed by atoms with Crippen LogP contribution in [0, 0.1) is 0 Å². The summed E-state index contributed by atoms with van der Waals surface area (Å²) in [6, 6.07) is 10.9. The largest absolute Gasteiger partial charge is 0.492 e. The van der Waals surface area contributed by atoms with Gasteiger partial charge in [-0.15, -0.1) is 10.2 Å². The Hall–Kier alpha value is -2.95. The molecule has 0 bridgehead atoms. The van der Waals surface area contributed by atoms with Gasteiger partial charge in [-0.25, -0.2) is 0 Å². The number of carbonyl (C=O) groups excluding carboxylic acids is 1. The predicted octanol–water partition coefficient (Wildman–Crippen LogP) is 4.07. The summed E-state index contributed by atoms with van der Waals surface area (Å²) in [4.78, 5) is 19.9. The van der Waals surface area contributed by atoms with Gasteiger partial charge in [0.1, 0.15) is 5.75 Å². The van der Waals surface area contributed by atoms with Gasteiger partial charge in [0.15, 0.2) is 0 Å². The van der Waals surface area contributed by atoms with Crippen molar-refractivity contribution in [3.8, 4) is 17.2 Å². The molecule has 0 aliphatic carbocycles. The van der Waals surface area contributed by atoms with Gasteiger partial charge in [-0.2, -0.15) is 0 Å². The van der Waals surface area contributed by atoms with Crippen LogP contribution in [0.25, 0.3) is 11.5 Å². The lowest BCUT2D eigenvalue weighted by molar-refractivity contribution is -0.121. The summed E-state index contributed by atoms with van der Waals surface area (Å²) in [6.07, 6.45) is 2.66. The highest BCUT2D eigenvalue weighted by Gasteiger charge is 2.10. The van der Waals surface area contributed by atoms with E-state index in [0.29, 0.717) is 73.4 Å². The van der Waals surface area contributed by atoms with Crippen molar-refractivity contribution < 1.29 is 18.7 Å². The Kier molecular flexibility index (Phi) is 10.8. The predicted molar refractivity (Wildman–Crippen MR) is 132 cm³/mol. The van der Waals surface area contributed by atoms with Gasteiger partial charge in [0, 0.05) is 29.3 Å². The van der Waals surface area contributed by atoms with Crippen LogP contribution in [0.5, 0.6) is 5.75 Å². The first-order valence-electron chi connectivity index (χ1n) is 10.7. The maximum Gasteiger partial charge on any atom is 0.277 e. The van der Waals surface area contributed by atoms with Gasteiger partial charge in [-0.05, 0) is 49.5 Å². The maximum absolute atomic E-state index is 11.8. The SMILES string of the molecule is C=NCCOCCNC(=O)CCCOc1ccc(CSc2nnc(-c3ccc(Cl)cc3)o2)nc1. The van der Waals surface area contributed by atoms with Crippen molar-refractivity contribution in [1.82, 2.24) is 20.5 Å². The van der Waals surface area contributed by atoms with Crippen LogP contribution in [-0.2, 0) is 15.3 Å². The van der Waals surface area contributed by atoms with E-state index in [0.717, 1.165) is 11.3 Å². The molecule has 0 saturated carbocycles. The van der Waals surface area contributed by atoms with E-state index in [1.54, 1.807) is 18.3 Å². The Morgan fingerprint density at radius 1 is 1.15 bits per heavy atom. The van der Waals surface area contributed by atoms with Crippen LogP contribution in [0.1, 0.15) is 18.5 Å². The number of amides is 1. The van der Waals surface area contributed by atoms with Crippen molar-refractivity contribution in [2.75, 3.05) is 32.9 Å². The topological polar surface area (TPSA) is 112 Å². The molecule has 2 heterocycles. The number of hydrogen-bond donors (Lipinski definition) is 1. The molecule has 34 heavy (non-hydrogen) atoms. The number of carbonyl (C=O) groups is 1. The lowest BCUT2D eigenvalue weighted by atomic mass is 10.2. The second-order valence-electron chi connectivity index (χ2n) is 7.02. The molecular weight excluding hydrogens is 478 g/mol. The molecule has 2 aromatic heterocycles. The molecule has 11 heteroatoms. The van der Waals surface area contributed by atoms with Gasteiger partial charge in [-0.1, -0.05) is 23.4 Å². The second-order valence-corrected chi connectivity index (χ2v) is 8.38. The number of thioether (sulfide) groups is 1. The molecule has 0 unspecified atom stereocenters. The average molecular weight is 504 g/mol. The molecule has 9 nitrogen and oxygen atoms in total. The summed E-state index contributed by atoms with van der Waals surface area (Å²) in [5, 5.41) is 12.0. The number of rotatable bonds is 15. The number of hydrogen-bond acceptors (Lipinski definition) is 9. The quantitative estimate of drug-likeness (QED) is 0.188. The number of benzene rings is 1. The molecule has 1 N–H and O–H groups in total. The van der Waals surface area contributed by atoms with E-state index in [1.165, 1.54) is 11.8 Å². The van der Waals surface area contributed by atoms with Crippen LogP contribution in [0.15, 0.2) is 57.2 Å². The first-order chi connectivity index (χ1) is 16.6. The molecule has 0 atom stereocenters. The zero-order valence-electron chi connectivity index (χ0n) is 18.6. The van der Waals surface area contributed by atoms with Crippen molar-refractivity contribution in [2.45, 2.75) is 23.8 Å². The Morgan fingerprint density at radius 2 is 2.00 bits per heavy atom. The zero-order chi connectivity index (χ0) is 24.0. The maximum atomic E-state index is 11.8. The van der Waals surface area contributed by atoms with Crippen LogP contribution in [0.3, 0.4) is 0 Å². The molecule has 0 saturated heterocycles.